The number of aliphatic imine (C=N–C) groups is 1. The summed E-state index contributed by atoms with van der Waals surface area (Å²) < 4.78 is 7.20. The summed E-state index contributed by atoms with van der Waals surface area (Å²) in [5.74, 6) is 2.28. The molecule has 142 valence electrons. The van der Waals surface area contributed by atoms with E-state index in [4.69, 9.17) is 16.1 Å². The van der Waals surface area contributed by atoms with Crippen LogP contribution in [0.25, 0.3) is 17.0 Å². The van der Waals surface area contributed by atoms with E-state index in [1.807, 2.05) is 40.9 Å². The van der Waals surface area contributed by atoms with Gasteiger partial charge in [-0.05, 0) is 24.3 Å². The highest BCUT2D eigenvalue weighted by molar-refractivity contribution is 6.30. The summed E-state index contributed by atoms with van der Waals surface area (Å²) in [6.45, 7) is 0.788. The highest BCUT2D eigenvalue weighted by Crippen LogP contribution is 2.19. The number of nitrogens with zero attached hydrogens (tertiary/aromatic N) is 6. The van der Waals surface area contributed by atoms with Gasteiger partial charge >= 0.3 is 0 Å². The van der Waals surface area contributed by atoms with E-state index in [0.29, 0.717) is 35.8 Å². The first-order valence-electron chi connectivity index (χ1n) is 8.54. The van der Waals surface area contributed by atoms with Crippen LogP contribution < -0.4 is 10.6 Å². The fraction of sp³-hybridized carbons (Fsp3) is 0.167. The molecule has 2 N–H and O–H groups in total. The van der Waals surface area contributed by atoms with Crippen LogP contribution in [-0.2, 0) is 13.1 Å². The number of hydrogen-bond donors (Lipinski definition) is 2. The van der Waals surface area contributed by atoms with Crippen LogP contribution in [0.3, 0.4) is 0 Å². The number of pyridine rings is 1. The third-order valence-electron chi connectivity index (χ3n) is 3.98. The second kappa shape index (κ2) is 8.05. The van der Waals surface area contributed by atoms with Crippen LogP contribution in [0.2, 0.25) is 5.02 Å². The van der Waals surface area contributed by atoms with E-state index in [1.165, 1.54) is 0 Å². The van der Waals surface area contributed by atoms with Crippen LogP contribution in [0, 0.1) is 0 Å². The predicted molar refractivity (Wildman–Crippen MR) is 105 cm³/mol. The molecule has 4 rings (SSSR count). The lowest BCUT2D eigenvalue weighted by Crippen LogP contribution is -2.36. The molecule has 0 unspecified atom stereocenters. The Hall–Kier alpha value is -3.46. The lowest BCUT2D eigenvalue weighted by atomic mass is 10.2. The molecule has 0 atom stereocenters. The van der Waals surface area contributed by atoms with Crippen molar-refractivity contribution < 1.29 is 4.52 Å². The lowest BCUT2D eigenvalue weighted by Gasteiger charge is -2.09. The van der Waals surface area contributed by atoms with Crippen molar-refractivity contribution in [2.75, 3.05) is 7.05 Å². The first-order chi connectivity index (χ1) is 13.7. The van der Waals surface area contributed by atoms with Gasteiger partial charge < -0.3 is 15.2 Å². The van der Waals surface area contributed by atoms with Gasteiger partial charge in [0.25, 0.3) is 0 Å². The van der Waals surface area contributed by atoms with Crippen LogP contribution in [0.1, 0.15) is 11.7 Å². The third kappa shape index (κ3) is 3.94. The van der Waals surface area contributed by atoms with Crippen LogP contribution in [0.5, 0.6) is 0 Å². The van der Waals surface area contributed by atoms with Crippen LogP contribution in [0.4, 0.5) is 0 Å². The lowest BCUT2D eigenvalue weighted by molar-refractivity contribution is 0.375. The number of aromatic nitrogens is 5. The van der Waals surface area contributed by atoms with Crippen molar-refractivity contribution >= 4 is 23.2 Å². The molecule has 1 aromatic carbocycles. The number of rotatable bonds is 5. The van der Waals surface area contributed by atoms with Gasteiger partial charge in [0, 0.05) is 23.8 Å². The number of halogens is 1. The Bertz CT molecular complexity index is 1120. The first kappa shape index (κ1) is 17.9. The maximum atomic E-state index is 6.00. The summed E-state index contributed by atoms with van der Waals surface area (Å²) in [7, 11) is 1.68. The molecular formula is C18H17ClN8O. The molecular weight excluding hydrogens is 380 g/mol. The van der Waals surface area contributed by atoms with Gasteiger partial charge in [-0.1, -0.05) is 35.0 Å². The minimum atomic E-state index is 0.327. The SMILES string of the molecule is CN=C(NCc1nc(-c2cccc(Cl)c2)no1)NCc1nnc2ccccn12. The molecule has 0 aliphatic heterocycles. The van der Waals surface area contributed by atoms with Gasteiger partial charge in [0.2, 0.25) is 11.7 Å². The molecule has 0 spiro atoms. The van der Waals surface area contributed by atoms with Crippen molar-refractivity contribution in [2.45, 2.75) is 13.1 Å². The van der Waals surface area contributed by atoms with Crippen molar-refractivity contribution in [1.29, 1.82) is 0 Å². The van der Waals surface area contributed by atoms with Crippen molar-refractivity contribution in [2.24, 2.45) is 4.99 Å². The number of benzene rings is 1. The molecule has 0 aliphatic carbocycles. The summed E-state index contributed by atoms with van der Waals surface area (Å²) in [5.41, 5.74) is 1.59. The van der Waals surface area contributed by atoms with Crippen LogP contribution in [0.15, 0.2) is 58.2 Å². The molecule has 4 aromatic rings. The largest absolute Gasteiger partial charge is 0.349 e. The summed E-state index contributed by atoms with van der Waals surface area (Å²) in [5, 5.41) is 19.2. The summed E-state index contributed by atoms with van der Waals surface area (Å²) in [4.78, 5) is 8.56. The molecule has 9 nitrogen and oxygen atoms in total. The first-order valence-corrected chi connectivity index (χ1v) is 8.92. The highest BCUT2D eigenvalue weighted by atomic mass is 35.5. The summed E-state index contributed by atoms with van der Waals surface area (Å²) >= 11 is 6.00. The van der Waals surface area contributed by atoms with E-state index in [1.54, 1.807) is 19.2 Å². The van der Waals surface area contributed by atoms with Crippen molar-refractivity contribution in [1.82, 2.24) is 35.4 Å². The van der Waals surface area contributed by atoms with Gasteiger partial charge in [0.1, 0.15) is 0 Å². The Labute approximate surface area is 165 Å². The fourth-order valence-corrected chi connectivity index (χ4v) is 2.82. The Morgan fingerprint density at radius 3 is 2.89 bits per heavy atom. The van der Waals surface area contributed by atoms with E-state index in [9.17, 15) is 0 Å². The van der Waals surface area contributed by atoms with Crippen molar-refractivity contribution in [3.8, 4) is 11.4 Å². The van der Waals surface area contributed by atoms with E-state index < -0.39 is 0 Å². The third-order valence-corrected chi connectivity index (χ3v) is 4.21. The van der Waals surface area contributed by atoms with Crippen molar-refractivity contribution in [3.05, 3.63) is 65.4 Å². The van der Waals surface area contributed by atoms with E-state index in [-0.39, 0.29) is 0 Å². The maximum absolute atomic E-state index is 6.00. The minimum absolute atomic E-state index is 0.327. The topological polar surface area (TPSA) is 106 Å². The Balaban J connectivity index is 1.36. The molecule has 0 fully saturated rings. The molecule has 0 radical (unpaired) electrons. The van der Waals surface area contributed by atoms with Gasteiger partial charge in [0.05, 0.1) is 13.1 Å². The summed E-state index contributed by atoms with van der Waals surface area (Å²) in [6.07, 6.45) is 1.92. The van der Waals surface area contributed by atoms with Gasteiger partial charge in [-0.15, -0.1) is 10.2 Å². The standard InChI is InChI=1S/C18H17ClN8O/c1-20-18(21-10-15-25-24-14-7-2-3-8-27(14)15)22-11-16-23-17(26-28-16)12-5-4-6-13(19)9-12/h2-9H,10-11H2,1H3,(H2,20,21,22). The maximum Gasteiger partial charge on any atom is 0.246 e. The average Bonchev–Trinajstić information content (AvgIpc) is 3.35. The molecule has 0 saturated heterocycles. The molecule has 0 aliphatic rings. The number of guanidine groups is 1. The second-order valence-electron chi connectivity index (χ2n) is 5.85. The van der Waals surface area contributed by atoms with Gasteiger partial charge in [-0.25, -0.2) is 0 Å². The number of fused-ring (bicyclic) bond motifs is 1. The molecule has 3 aromatic heterocycles. The van der Waals surface area contributed by atoms with E-state index in [2.05, 4.69) is 36.0 Å². The molecule has 0 amide bonds. The quantitative estimate of drug-likeness (QED) is 0.394. The highest BCUT2D eigenvalue weighted by Gasteiger charge is 2.10. The van der Waals surface area contributed by atoms with Gasteiger partial charge in [0.15, 0.2) is 17.4 Å². The minimum Gasteiger partial charge on any atom is -0.349 e. The number of nitrogens with one attached hydrogen (secondary N) is 2. The molecule has 10 heteroatoms. The van der Waals surface area contributed by atoms with Gasteiger partial charge in [-0.2, -0.15) is 4.98 Å². The molecule has 0 saturated carbocycles. The Morgan fingerprint density at radius 1 is 1.14 bits per heavy atom. The predicted octanol–water partition coefficient (Wildman–Crippen LogP) is 2.30. The van der Waals surface area contributed by atoms with Crippen LogP contribution in [-0.4, -0.2) is 37.7 Å². The molecule has 0 bridgehead atoms. The zero-order chi connectivity index (χ0) is 19.3. The van der Waals surface area contributed by atoms with E-state index >= 15 is 0 Å². The van der Waals surface area contributed by atoms with Crippen LogP contribution >= 0.6 is 11.6 Å². The monoisotopic (exact) mass is 396 g/mol. The smallest absolute Gasteiger partial charge is 0.246 e. The second-order valence-corrected chi connectivity index (χ2v) is 6.28. The zero-order valence-electron chi connectivity index (χ0n) is 15.0. The zero-order valence-corrected chi connectivity index (χ0v) is 15.8. The Kier molecular flexibility index (Phi) is 5.16. The average molecular weight is 397 g/mol. The van der Waals surface area contributed by atoms with Crippen molar-refractivity contribution in [3.63, 3.8) is 0 Å². The Morgan fingerprint density at radius 2 is 2.04 bits per heavy atom. The molecule has 3 heterocycles. The fourth-order valence-electron chi connectivity index (χ4n) is 2.63. The normalized spacial score (nSPS) is 11.7. The number of hydrogen-bond acceptors (Lipinski definition) is 6. The molecule has 28 heavy (non-hydrogen) atoms. The summed E-state index contributed by atoms with van der Waals surface area (Å²) in [6, 6.07) is 13.0. The van der Waals surface area contributed by atoms with E-state index in [0.717, 1.165) is 17.0 Å². The van der Waals surface area contributed by atoms with Gasteiger partial charge in [-0.3, -0.25) is 9.39 Å².